The van der Waals surface area contributed by atoms with Gasteiger partial charge in [-0.25, -0.2) is 0 Å². The number of hydrogen-bond donors (Lipinski definition) is 0. The van der Waals surface area contributed by atoms with Gasteiger partial charge in [0, 0.05) is 24.7 Å². The molecule has 26 heavy (non-hydrogen) atoms. The highest BCUT2D eigenvalue weighted by atomic mass is 16.6. The van der Waals surface area contributed by atoms with Crippen LogP contribution in [0, 0.1) is 5.92 Å². The van der Waals surface area contributed by atoms with Crippen LogP contribution in [0.25, 0.3) is 0 Å². The lowest BCUT2D eigenvalue weighted by atomic mass is 9.57. The average Bonchev–Trinajstić information content (AvgIpc) is 3.41. The fraction of sp³-hybridized carbons (Fsp3) is 0.545. The van der Waals surface area contributed by atoms with Crippen molar-refractivity contribution >= 4 is 0 Å². The molecule has 2 bridgehead atoms. The molecule has 0 aromatic heterocycles. The van der Waals surface area contributed by atoms with Gasteiger partial charge >= 0.3 is 0 Å². The van der Waals surface area contributed by atoms with Crippen LogP contribution in [0.2, 0.25) is 0 Å². The minimum atomic E-state index is -0.0672. The Morgan fingerprint density at radius 2 is 2.08 bits per heavy atom. The van der Waals surface area contributed by atoms with Crippen molar-refractivity contribution in [3.8, 4) is 11.5 Å². The molecule has 5 aliphatic rings. The summed E-state index contributed by atoms with van der Waals surface area (Å²) in [4.78, 5) is 2.74. The molecule has 3 aliphatic carbocycles. The van der Waals surface area contributed by atoms with Crippen LogP contribution >= 0.6 is 0 Å². The molecule has 1 saturated carbocycles. The van der Waals surface area contributed by atoms with E-state index in [2.05, 4.69) is 29.2 Å². The molecule has 1 spiro atoms. The molecule has 0 N–H and O–H groups in total. The van der Waals surface area contributed by atoms with Crippen LogP contribution in [0.3, 0.4) is 0 Å². The number of methoxy groups -OCH3 is 2. The number of piperidine rings is 1. The van der Waals surface area contributed by atoms with E-state index in [4.69, 9.17) is 14.2 Å². The van der Waals surface area contributed by atoms with Crippen LogP contribution in [0.1, 0.15) is 30.4 Å². The molecule has 2 fully saturated rings. The summed E-state index contributed by atoms with van der Waals surface area (Å²) < 4.78 is 17.9. The van der Waals surface area contributed by atoms with Crippen LogP contribution in [-0.2, 0) is 16.6 Å². The molecule has 4 heteroatoms. The first-order valence-corrected chi connectivity index (χ1v) is 9.83. The first kappa shape index (κ1) is 15.2. The number of benzene rings is 1. The maximum absolute atomic E-state index is 6.56. The van der Waals surface area contributed by atoms with Gasteiger partial charge in [-0.3, -0.25) is 4.90 Å². The summed E-state index contributed by atoms with van der Waals surface area (Å²) >= 11 is 0. The number of likely N-dealkylation sites (tertiary alicyclic amines) is 1. The zero-order valence-corrected chi connectivity index (χ0v) is 15.5. The maximum Gasteiger partial charge on any atom is 0.169 e. The lowest BCUT2D eigenvalue weighted by molar-refractivity contribution is 0.0624. The van der Waals surface area contributed by atoms with Crippen LogP contribution < -0.4 is 9.47 Å². The van der Waals surface area contributed by atoms with Gasteiger partial charge in [0.15, 0.2) is 17.6 Å². The summed E-state index contributed by atoms with van der Waals surface area (Å²) in [6.07, 6.45) is 9.41. The Labute approximate surface area is 154 Å². The fourth-order valence-corrected chi connectivity index (χ4v) is 5.85. The molecule has 0 unspecified atom stereocenters. The smallest absolute Gasteiger partial charge is 0.169 e. The molecule has 3 atom stereocenters. The van der Waals surface area contributed by atoms with Gasteiger partial charge < -0.3 is 14.2 Å². The van der Waals surface area contributed by atoms with E-state index < -0.39 is 0 Å². The highest BCUT2D eigenvalue weighted by Crippen LogP contribution is 2.62. The van der Waals surface area contributed by atoms with Crippen molar-refractivity contribution in [1.82, 2.24) is 4.90 Å². The minimum absolute atomic E-state index is 0.0524. The average molecular weight is 351 g/mol. The van der Waals surface area contributed by atoms with Crippen LogP contribution in [-0.4, -0.2) is 44.4 Å². The summed E-state index contributed by atoms with van der Waals surface area (Å²) in [6.45, 7) is 2.40. The lowest BCUT2D eigenvalue weighted by Gasteiger charge is -2.53. The Morgan fingerprint density at radius 3 is 2.85 bits per heavy atom. The van der Waals surface area contributed by atoms with Crippen molar-refractivity contribution in [3.63, 3.8) is 0 Å². The standard InChI is InChI=1S/C22H25NO3/c1-24-17-7-5-14-11-16-15-6-8-18(25-2)21-22(15,19(14)20(17)26-21)9-10-23(16)12-13-3-4-13/h5-8,13,16,21H,3-4,9-12H2,1-2H3/t16-,21+,22+/m0/s1. The Hall–Kier alpha value is -1.94. The van der Waals surface area contributed by atoms with Crippen LogP contribution in [0.4, 0.5) is 0 Å². The number of rotatable bonds is 4. The van der Waals surface area contributed by atoms with E-state index in [1.165, 1.54) is 36.1 Å². The molecule has 2 heterocycles. The van der Waals surface area contributed by atoms with Gasteiger partial charge in [-0.05, 0) is 54.9 Å². The molecule has 136 valence electrons. The Morgan fingerprint density at radius 1 is 1.19 bits per heavy atom. The summed E-state index contributed by atoms with van der Waals surface area (Å²) in [7, 11) is 3.49. The van der Waals surface area contributed by atoms with Crippen molar-refractivity contribution in [2.45, 2.75) is 43.2 Å². The van der Waals surface area contributed by atoms with E-state index in [0.717, 1.165) is 42.6 Å². The number of nitrogens with zero attached hydrogens (tertiary/aromatic N) is 1. The van der Waals surface area contributed by atoms with Crippen molar-refractivity contribution in [3.05, 3.63) is 46.7 Å². The Balaban J connectivity index is 1.56. The predicted octanol–water partition coefficient (Wildman–Crippen LogP) is 3.20. The molecule has 2 aliphatic heterocycles. The van der Waals surface area contributed by atoms with Gasteiger partial charge in [0.25, 0.3) is 0 Å². The molecule has 0 radical (unpaired) electrons. The second-order valence-electron chi connectivity index (χ2n) is 8.40. The topological polar surface area (TPSA) is 30.9 Å². The zero-order valence-electron chi connectivity index (χ0n) is 15.5. The van der Waals surface area contributed by atoms with E-state index in [1.807, 2.05) is 0 Å². The van der Waals surface area contributed by atoms with Crippen molar-refractivity contribution < 1.29 is 14.2 Å². The molecule has 1 saturated heterocycles. The second-order valence-corrected chi connectivity index (χ2v) is 8.40. The Kier molecular flexibility index (Phi) is 2.95. The van der Waals surface area contributed by atoms with Gasteiger partial charge in [-0.15, -0.1) is 0 Å². The van der Waals surface area contributed by atoms with Gasteiger partial charge in [0.2, 0.25) is 0 Å². The largest absolute Gasteiger partial charge is 0.497 e. The van der Waals surface area contributed by atoms with Crippen LogP contribution in [0.15, 0.2) is 35.6 Å². The summed E-state index contributed by atoms with van der Waals surface area (Å²) in [5.74, 6) is 3.65. The summed E-state index contributed by atoms with van der Waals surface area (Å²) in [5.41, 5.74) is 4.28. The highest BCUT2D eigenvalue weighted by Gasteiger charge is 2.62. The van der Waals surface area contributed by atoms with Crippen molar-refractivity contribution in [2.75, 3.05) is 27.3 Å². The maximum atomic E-state index is 6.56. The van der Waals surface area contributed by atoms with Crippen LogP contribution in [0.5, 0.6) is 11.5 Å². The third-order valence-electron chi connectivity index (χ3n) is 7.19. The SMILES string of the molecule is COC1=CC=C2[C@@H]3Cc4ccc(OC)c5c4[C@]2(CCN3CC2CC2)[C@@H]1O5. The van der Waals surface area contributed by atoms with Gasteiger partial charge in [-0.1, -0.05) is 12.1 Å². The van der Waals surface area contributed by atoms with Gasteiger partial charge in [0.05, 0.1) is 19.6 Å². The van der Waals surface area contributed by atoms with Gasteiger partial charge in [-0.2, -0.15) is 0 Å². The van der Waals surface area contributed by atoms with E-state index in [0.29, 0.717) is 6.04 Å². The van der Waals surface area contributed by atoms with Crippen molar-refractivity contribution in [2.24, 2.45) is 5.92 Å². The van der Waals surface area contributed by atoms with E-state index in [1.54, 1.807) is 14.2 Å². The quantitative estimate of drug-likeness (QED) is 0.834. The number of allylic oxidation sites excluding steroid dienone is 2. The fourth-order valence-electron chi connectivity index (χ4n) is 5.85. The number of hydrogen-bond acceptors (Lipinski definition) is 4. The van der Waals surface area contributed by atoms with E-state index in [-0.39, 0.29) is 11.5 Å². The molecule has 1 aromatic rings. The molecule has 4 nitrogen and oxygen atoms in total. The molecule has 1 aromatic carbocycles. The normalized spacial score (nSPS) is 33.8. The summed E-state index contributed by atoms with van der Waals surface area (Å²) in [6, 6.07) is 4.84. The van der Waals surface area contributed by atoms with E-state index >= 15 is 0 Å². The summed E-state index contributed by atoms with van der Waals surface area (Å²) in [5, 5.41) is 0. The zero-order chi connectivity index (χ0) is 17.5. The predicted molar refractivity (Wildman–Crippen MR) is 98.7 cm³/mol. The first-order chi connectivity index (χ1) is 12.8. The second kappa shape index (κ2) is 5.07. The third-order valence-corrected chi connectivity index (χ3v) is 7.19. The van der Waals surface area contributed by atoms with Gasteiger partial charge in [0.1, 0.15) is 5.76 Å². The molecular weight excluding hydrogens is 326 g/mol. The molecular formula is C22H25NO3. The molecule has 0 amide bonds. The highest BCUT2D eigenvalue weighted by molar-refractivity contribution is 5.67. The Bertz CT molecular complexity index is 853. The lowest BCUT2D eigenvalue weighted by Crippen LogP contribution is -2.59. The number of ether oxygens (including phenoxy) is 3. The molecule has 6 rings (SSSR count). The first-order valence-electron chi connectivity index (χ1n) is 9.83. The van der Waals surface area contributed by atoms with E-state index in [9.17, 15) is 0 Å². The minimum Gasteiger partial charge on any atom is -0.497 e. The van der Waals surface area contributed by atoms with Crippen molar-refractivity contribution in [1.29, 1.82) is 0 Å². The third kappa shape index (κ3) is 1.74. The monoisotopic (exact) mass is 351 g/mol.